The lowest BCUT2D eigenvalue weighted by Crippen LogP contribution is -2.36. The second-order valence-electron chi connectivity index (χ2n) is 6.82. The standard InChI is InChI=1S/C22H20ClFN2O4S/c1-3-13(2)26-21(28)19(31-22(26)29)11-14-8-9-18(15(23)10-14)30-12-20(27)25-17-7-5-4-6-16(17)24/h4-11,13H,3,12H2,1-2H3,(H,25,27)/b19-11+/t13-/m0/s1. The zero-order valence-corrected chi connectivity index (χ0v) is 18.4. The van der Waals surface area contributed by atoms with E-state index >= 15 is 0 Å². The number of nitrogens with one attached hydrogen (secondary N) is 1. The van der Waals surface area contributed by atoms with E-state index in [1.807, 2.05) is 13.8 Å². The molecule has 2 aromatic carbocycles. The average molecular weight is 463 g/mol. The first kappa shape index (κ1) is 22.8. The maximum atomic E-state index is 13.6. The van der Waals surface area contributed by atoms with Gasteiger partial charge in [0.1, 0.15) is 11.6 Å². The number of rotatable bonds is 7. The molecule has 2 aromatic rings. The molecule has 0 aliphatic carbocycles. The number of halogens is 2. The van der Waals surface area contributed by atoms with Gasteiger partial charge in [-0.2, -0.15) is 0 Å². The second kappa shape index (κ2) is 9.98. The van der Waals surface area contributed by atoms with Gasteiger partial charge in [-0.25, -0.2) is 4.39 Å². The van der Waals surface area contributed by atoms with E-state index in [1.54, 1.807) is 30.3 Å². The third kappa shape index (κ3) is 5.45. The molecular weight excluding hydrogens is 443 g/mol. The molecule has 1 saturated heterocycles. The van der Waals surface area contributed by atoms with Gasteiger partial charge in [-0.05, 0) is 61.0 Å². The number of hydrogen-bond donors (Lipinski definition) is 1. The Morgan fingerprint density at radius 2 is 2.03 bits per heavy atom. The number of imide groups is 1. The van der Waals surface area contributed by atoms with E-state index in [2.05, 4.69) is 5.32 Å². The molecule has 162 valence electrons. The largest absolute Gasteiger partial charge is 0.482 e. The normalized spacial score (nSPS) is 16.0. The number of carbonyl (C=O) groups excluding carboxylic acids is 3. The summed E-state index contributed by atoms with van der Waals surface area (Å²) in [7, 11) is 0. The van der Waals surface area contributed by atoms with Crippen molar-refractivity contribution in [2.24, 2.45) is 0 Å². The molecule has 3 rings (SSSR count). The monoisotopic (exact) mass is 462 g/mol. The lowest BCUT2D eigenvalue weighted by Gasteiger charge is -2.19. The Balaban J connectivity index is 1.64. The molecule has 0 spiro atoms. The third-order valence-electron chi connectivity index (χ3n) is 4.62. The maximum absolute atomic E-state index is 13.6. The van der Waals surface area contributed by atoms with Crippen LogP contribution in [0.5, 0.6) is 5.75 Å². The zero-order valence-electron chi connectivity index (χ0n) is 16.9. The van der Waals surface area contributed by atoms with Gasteiger partial charge in [0.05, 0.1) is 15.6 Å². The minimum atomic E-state index is -0.545. The fourth-order valence-corrected chi connectivity index (χ4v) is 3.98. The molecule has 1 aliphatic rings. The highest BCUT2D eigenvalue weighted by atomic mass is 35.5. The van der Waals surface area contributed by atoms with Crippen molar-refractivity contribution >= 4 is 52.2 Å². The molecular formula is C22H20ClFN2O4S. The fraction of sp³-hybridized carbons (Fsp3) is 0.227. The van der Waals surface area contributed by atoms with Crippen LogP contribution < -0.4 is 10.1 Å². The summed E-state index contributed by atoms with van der Waals surface area (Å²) in [5, 5.41) is 2.35. The van der Waals surface area contributed by atoms with Gasteiger partial charge >= 0.3 is 0 Å². The van der Waals surface area contributed by atoms with Crippen LogP contribution in [0.4, 0.5) is 14.9 Å². The van der Waals surface area contributed by atoms with Crippen LogP contribution in [0.3, 0.4) is 0 Å². The number of benzene rings is 2. The summed E-state index contributed by atoms with van der Waals surface area (Å²) < 4.78 is 19.0. The average Bonchev–Trinajstić information content (AvgIpc) is 3.01. The SMILES string of the molecule is CC[C@H](C)N1C(=O)S/C(=C/c2ccc(OCC(=O)Nc3ccccc3F)c(Cl)c2)C1=O. The molecule has 1 N–H and O–H groups in total. The number of thioether (sulfide) groups is 1. The Bertz CT molecular complexity index is 1060. The molecule has 31 heavy (non-hydrogen) atoms. The predicted molar refractivity (Wildman–Crippen MR) is 120 cm³/mol. The summed E-state index contributed by atoms with van der Waals surface area (Å²) >= 11 is 7.12. The van der Waals surface area contributed by atoms with E-state index in [1.165, 1.54) is 23.1 Å². The van der Waals surface area contributed by atoms with Crippen molar-refractivity contribution in [3.05, 3.63) is 63.8 Å². The molecule has 0 aromatic heterocycles. The quantitative estimate of drug-likeness (QED) is 0.563. The van der Waals surface area contributed by atoms with Crippen molar-refractivity contribution in [1.29, 1.82) is 0 Å². The van der Waals surface area contributed by atoms with Crippen LogP contribution in [0.2, 0.25) is 5.02 Å². The van der Waals surface area contributed by atoms with Gasteiger partial charge in [0.15, 0.2) is 6.61 Å². The summed E-state index contributed by atoms with van der Waals surface area (Å²) in [6.45, 7) is 3.37. The Kier molecular flexibility index (Phi) is 7.35. The molecule has 3 amide bonds. The number of hydrogen-bond acceptors (Lipinski definition) is 5. The van der Waals surface area contributed by atoms with Crippen molar-refractivity contribution in [2.45, 2.75) is 26.3 Å². The third-order valence-corrected chi connectivity index (χ3v) is 5.79. The molecule has 9 heteroatoms. The molecule has 1 heterocycles. The first-order chi connectivity index (χ1) is 14.8. The highest BCUT2D eigenvalue weighted by molar-refractivity contribution is 8.18. The maximum Gasteiger partial charge on any atom is 0.293 e. The van der Waals surface area contributed by atoms with E-state index in [0.717, 1.165) is 11.8 Å². The summed E-state index contributed by atoms with van der Waals surface area (Å²) in [4.78, 5) is 38.2. The minimum Gasteiger partial charge on any atom is -0.482 e. The predicted octanol–water partition coefficient (Wildman–Crippen LogP) is 5.33. The van der Waals surface area contributed by atoms with Gasteiger partial charge < -0.3 is 10.1 Å². The summed E-state index contributed by atoms with van der Waals surface area (Å²) in [6, 6.07) is 10.4. The van der Waals surface area contributed by atoms with Gasteiger partial charge in [0.2, 0.25) is 0 Å². The van der Waals surface area contributed by atoms with Crippen LogP contribution in [-0.2, 0) is 9.59 Å². The van der Waals surface area contributed by atoms with Crippen LogP contribution in [-0.4, -0.2) is 34.6 Å². The van der Waals surface area contributed by atoms with Crippen molar-refractivity contribution < 1.29 is 23.5 Å². The number of anilines is 1. The molecule has 1 atom stereocenters. The molecule has 0 unspecified atom stereocenters. The van der Waals surface area contributed by atoms with Crippen LogP contribution in [0.25, 0.3) is 6.08 Å². The lowest BCUT2D eigenvalue weighted by molar-refractivity contribution is -0.124. The highest BCUT2D eigenvalue weighted by Crippen LogP contribution is 2.35. The number of amides is 3. The summed E-state index contributed by atoms with van der Waals surface area (Å²) in [5.41, 5.74) is 0.673. The van der Waals surface area contributed by atoms with Gasteiger partial charge in [-0.3, -0.25) is 19.3 Å². The van der Waals surface area contributed by atoms with E-state index in [0.29, 0.717) is 16.9 Å². The van der Waals surface area contributed by atoms with Gasteiger partial charge in [0.25, 0.3) is 17.1 Å². The van der Waals surface area contributed by atoms with E-state index < -0.39 is 11.7 Å². The van der Waals surface area contributed by atoms with Gasteiger partial charge in [-0.15, -0.1) is 0 Å². The topological polar surface area (TPSA) is 75.7 Å². The Hall–Kier alpha value is -2.84. The molecule has 0 radical (unpaired) electrons. The van der Waals surface area contributed by atoms with Crippen LogP contribution >= 0.6 is 23.4 Å². The molecule has 0 bridgehead atoms. The Morgan fingerprint density at radius 3 is 2.71 bits per heavy atom. The first-order valence-corrected chi connectivity index (χ1v) is 10.7. The lowest BCUT2D eigenvalue weighted by atomic mass is 10.2. The molecule has 1 fully saturated rings. The summed E-state index contributed by atoms with van der Waals surface area (Å²) in [5.74, 6) is -1.15. The fourth-order valence-electron chi connectivity index (χ4n) is 2.81. The van der Waals surface area contributed by atoms with Crippen LogP contribution in [0, 0.1) is 5.82 Å². The first-order valence-electron chi connectivity index (χ1n) is 9.54. The van der Waals surface area contributed by atoms with Crippen LogP contribution in [0.15, 0.2) is 47.4 Å². The molecule has 1 aliphatic heterocycles. The Morgan fingerprint density at radius 1 is 1.29 bits per heavy atom. The van der Waals surface area contributed by atoms with Gasteiger partial charge in [-0.1, -0.05) is 36.7 Å². The van der Waals surface area contributed by atoms with Crippen molar-refractivity contribution in [3.8, 4) is 5.75 Å². The second-order valence-corrected chi connectivity index (χ2v) is 8.22. The van der Waals surface area contributed by atoms with E-state index in [4.69, 9.17) is 16.3 Å². The number of para-hydroxylation sites is 1. The van der Waals surface area contributed by atoms with Crippen molar-refractivity contribution in [3.63, 3.8) is 0 Å². The van der Waals surface area contributed by atoms with E-state index in [-0.39, 0.29) is 40.3 Å². The Labute approximate surface area is 188 Å². The molecule has 6 nitrogen and oxygen atoms in total. The number of carbonyl (C=O) groups is 3. The van der Waals surface area contributed by atoms with Crippen LogP contribution in [0.1, 0.15) is 25.8 Å². The number of ether oxygens (including phenoxy) is 1. The molecule has 0 saturated carbocycles. The van der Waals surface area contributed by atoms with Crippen molar-refractivity contribution in [2.75, 3.05) is 11.9 Å². The van der Waals surface area contributed by atoms with E-state index in [9.17, 15) is 18.8 Å². The smallest absolute Gasteiger partial charge is 0.293 e. The number of nitrogens with zero attached hydrogens (tertiary/aromatic N) is 1. The summed E-state index contributed by atoms with van der Waals surface area (Å²) in [6.07, 6.45) is 2.27. The zero-order chi connectivity index (χ0) is 22.5. The van der Waals surface area contributed by atoms with Crippen molar-refractivity contribution in [1.82, 2.24) is 4.90 Å². The minimum absolute atomic E-state index is 0.0592. The van der Waals surface area contributed by atoms with Gasteiger partial charge in [0, 0.05) is 6.04 Å². The highest BCUT2D eigenvalue weighted by Gasteiger charge is 2.37.